The molecule has 0 aliphatic carbocycles. The number of hydrogen-bond donors (Lipinski definition) is 1. The number of carbonyl (C=O) groups is 3. The molecule has 0 radical (unpaired) electrons. The summed E-state index contributed by atoms with van der Waals surface area (Å²) in [6.07, 6.45) is 0. The third kappa shape index (κ3) is 2.42. The number of anilines is 2. The predicted molar refractivity (Wildman–Crippen MR) is 86.2 cm³/mol. The fourth-order valence-electron chi connectivity index (χ4n) is 2.83. The third-order valence-corrected chi connectivity index (χ3v) is 3.77. The van der Waals surface area contributed by atoms with E-state index in [0.29, 0.717) is 11.4 Å². The fourth-order valence-corrected chi connectivity index (χ4v) is 2.83. The van der Waals surface area contributed by atoms with Crippen LogP contribution in [0.5, 0.6) is 0 Å². The summed E-state index contributed by atoms with van der Waals surface area (Å²) in [6.45, 7) is 3.11. The van der Waals surface area contributed by atoms with Crippen LogP contribution in [-0.2, 0) is 19.1 Å². The Kier molecular flexibility index (Phi) is 3.73. The van der Waals surface area contributed by atoms with Gasteiger partial charge in [-0.3, -0.25) is 14.5 Å². The molecule has 1 aliphatic heterocycles. The normalized spacial score (nSPS) is 16.7. The van der Waals surface area contributed by atoms with Crippen LogP contribution < -0.4 is 10.2 Å². The van der Waals surface area contributed by atoms with Gasteiger partial charge in [-0.2, -0.15) is 0 Å². The minimum atomic E-state index is -1.30. The summed E-state index contributed by atoms with van der Waals surface area (Å²) in [6, 6.07) is 9.79. The van der Waals surface area contributed by atoms with E-state index in [-0.39, 0.29) is 6.61 Å². The van der Waals surface area contributed by atoms with Gasteiger partial charge in [0, 0.05) is 12.3 Å². The summed E-state index contributed by atoms with van der Waals surface area (Å²) in [5.74, 6) is -1.70. The van der Waals surface area contributed by atoms with E-state index in [4.69, 9.17) is 4.74 Å². The predicted octanol–water partition coefficient (Wildman–Crippen LogP) is 2.08. The van der Waals surface area contributed by atoms with Gasteiger partial charge in [0.25, 0.3) is 5.91 Å². The van der Waals surface area contributed by atoms with Gasteiger partial charge >= 0.3 is 5.97 Å². The van der Waals surface area contributed by atoms with Gasteiger partial charge in [-0.05, 0) is 18.4 Å². The Morgan fingerprint density at radius 3 is 2.65 bits per heavy atom. The first-order valence-electron chi connectivity index (χ1n) is 7.33. The second kappa shape index (κ2) is 5.72. The average molecular weight is 312 g/mol. The molecular weight excluding hydrogens is 296 g/mol. The van der Waals surface area contributed by atoms with E-state index in [2.05, 4.69) is 5.32 Å². The first-order chi connectivity index (χ1) is 11.0. The van der Waals surface area contributed by atoms with Gasteiger partial charge < -0.3 is 10.1 Å². The molecule has 1 N–H and O–H groups in total. The van der Waals surface area contributed by atoms with Gasteiger partial charge in [-0.15, -0.1) is 0 Å². The van der Waals surface area contributed by atoms with Crippen LogP contribution in [0.15, 0.2) is 36.4 Å². The van der Waals surface area contributed by atoms with Crippen LogP contribution in [0, 0.1) is 0 Å². The lowest BCUT2D eigenvalue weighted by molar-refractivity contribution is -0.148. The Morgan fingerprint density at radius 2 is 1.96 bits per heavy atom. The lowest BCUT2D eigenvalue weighted by atomic mass is 10.0. The van der Waals surface area contributed by atoms with E-state index in [1.54, 1.807) is 13.0 Å². The molecule has 23 heavy (non-hydrogen) atoms. The Balaban J connectivity index is 2.19. The molecule has 2 aromatic carbocycles. The van der Waals surface area contributed by atoms with Crippen LogP contribution >= 0.6 is 0 Å². The number of carbonyl (C=O) groups excluding carboxylic acids is 3. The van der Waals surface area contributed by atoms with E-state index in [0.717, 1.165) is 10.8 Å². The molecular formula is C17H16N2O4. The standard InChI is InChI=1S/C17H16N2O4/c1-3-23-17(22)15-16(21)18-14-12-7-5-4-6-11(12)8-9-13(14)19(15)10(2)20/h4-9,15H,3H2,1-2H3,(H,18,21). The molecule has 6 nitrogen and oxygen atoms in total. The quantitative estimate of drug-likeness (QED) is 0.680. The fraction of sp³-hybridized carbons (Fsp3) is 0.235. The van der Waals surface area contributed by atoms with Crippen molar-refractivity contribution in [1.82, 2.24) is 0 Å². The van der Waals surface area contributed by atoms with Crippen molar-refractivity contribution in [2.75, 3.05) is 16.8 Å². The highest BCUT2D eigenvalue weighted by Crippen LogP contribution is 2.38. The Hall–Kier alpha value is -2.89. The molecule has 2 aromatic rings. The largest absolute Gasteiger partial charge is 0.464 e. The van der Waals surface area contributed by atoms with Gasteiger partial charge in [-0.1, -0.05) is 30.3 Å². The summed E-state index contributed by atoms with van der Waals surface area (Å²) >= 11 is 0. The molecule has 1 unspecified atom stereocenters. The molecule has 0 aromatic heterocycles. The van der Waals surface area contributed by atoms with Crippen molar-refractivity contribution in [1.29, 1.82) is 0 Å². The number of hydrogen-bond acceptors (Lipinski definition) is 4. The second-order valence-corrected chi connectivity index (χ2v) is 5.21. The van der Waals surface area contributed by atoms with Crippen molar-refractivity contribution >= 4 is 39.9 Å². The maximum atomic E-state index is 12.4. The minimum absolute atomic E-state index is 0.138. The Bertz CT molecular complexity index is 815. The van der Waals surface area contributed by atoms with E-state index in [1.165, 1.54) is 11.8 Å². The van der Waals surface area contributed by atoms with Gasteiger partial charge in [0.05, 0.1) is 18.0 Å². The molecule has 1 heterocycles. The third-order valence-electron chi connectivity index (χ3n) is 3.77. The number of nitrogens with one attached hydrogen (secondary N) is 1. The first kappa shape index (κ1) is 15.0. The van der Waals surface area contributed by atoms with Crippen LogP contribution in [0.2, 0.25) is 0 Å². The summed E-state index contributed by atoms with van der Waals surface area (Å²) in [4.78, 5) is 37.8. The molecule has 2 amide bonds. The lowest BCUT2D eigenvalue weighted by Gasteiger charge is -2.34. The molecule has 0 saturated carbocycles. The van der Waals surface area contributed by atoms with Crippen molar-refractivity contribution in [3.8, 4) is 0 Å². The Morgan fingerprint density at radius 1 is 1.22 bits per heavy atom. The summed E-state index contributed by atoms with van der Waals surface area (Å²) in [5.41, 5.74) is 1.03. The highest BCUT2D eigenvalue weighted by Gasteiger charge is 2.42. The zero-order valence-corrected chi connectivity index (χ0v) is 12.8. The number of esters is 1. The molecule has 0 bridgehead atoms. The van der Waals surface area contributed by atoms with Crippen LogP contribution in [0.1, 0.15) is 13.8 Å². The number of rotatable bonds is 2. The maximum absolute atomic E-state index is 12.4. The van der Waals surface area contributed by atoms with Gasteiger partial charge in [0.1, 0.15) is 0 Å². The summed E-state index contributed by atoms with van der Waals surface area (Å²) in [7, 11) is 0. The van der Waals surface area contributed by atoms with Crippen LogP contribution in [0.25, 0.3) is 10.8 Å². The number of ether oxygens (including phenoxy) is 1. The van der Waals surface area contributed by atoms with Crippen LogP contribution in [-0.4, -0.2) is 30.4 Å². The van der Waals surface area contributed by atoms with E-state index in [1.807, 2.05) is 30.3 Å². The molecule has 118 valence electrons. The lowest BCUT2D eigenvalue weighted by Crippen LogP contribution is -2.55. The van der Waals surface area contributed by atoms with Gasteiger partial charge in [0.15, 0.2) is 0 Å². The molecule has 1 atom stereocenters. The summed E-state index contributed by atoms with van der Waals surface area (Å²) in [5, 5.41) is 4.49. The number of amides is 2. The highest BCUT2D eigenvalue weighted by atomic mass is 16.5. The van der Waals surface area contributed by atoms with Crippen LogP contribution in [0.4, 0.5) is 11.4 Å². The topological polar surface area (TPSA) is 75.7 Å². The monoisotopic (exact) mass is 312 g/mol. The maximum Gasteiger partial charge on any atom is 0.339 e. The van der Waals surface area contributed by atoms with Gasteiger partial charge in [0.2, 0.25) is 11.9 Å². The highest BCUT2D eigenvalue weighted by molar-refractivity contribution is 6.23. The number of benzene rings is 2. The minimum Gasteiger partial charge on any atom is -0.464 e. The van der Waals surface area contributed by atoms with Crippen molar-refractivity contribution in [3.05, 3.63) is 36.4 Å². The number of fused-ring (bicyclic) bond motifs is 3. The zero-order chi connectivity index (χ0) is 16.6. The molecule has 3 rings (SSSR count). The number of nitrogens with zero attached hydrogens (tertiary/aromatic N) is 1. The molecule has 0 saturated heterocycles. The molecule has 1 aliphatic rings. The van der Waals surface area contributed by atoms with Crippen molar-refractivity contribution < 1.29 is 19.1 Å². The smallest absolute Gasteiger partial charge is 0.339 e. The summed E-state index contributed by atoms with van der Waals surface area (Å²) < 4.78 is 4.94. The molecule has 0 fully saturated rings. The zero-order valence-electron chi connectivity index (χ0n) is 12.8. The average Bonchev–Trinajstić information content (AvgIpc) is 2.53. The van der Waals surface area contributed by atoms with Crippen molar-refractivity contribution in [2.45, 2.75) is 19.9 Å². The Labute approximate surface area is 133 Å². The SMILES string of the molecule is CCOC(=O)C1C(=O)Nc2c(ccc3ccccc23)N1C(C)=O. The van der Waals surface area contributed by atoms with E-state index < -0.39 is 23.8 Å². The second-order valence-electron chi connectivity index (χ2n) is 5.21. The van der Waals surface area contributed by atoms with E-state index >= 15 is 0 Å². The van der Waals surface area contributed by atoms with Gasteiger partial charge in [-0.25, -0.2) is 4.79 Å². The van der Waals surface area contributed by atoms with Crippen LogP contribution in [0.3, 0.4) is 0 Å². The van der Waals surface area contributed by atoms with Crippen molar-refractivity contribution in [3.63, 3.8) is 0 Å². The van der Waals surface area contributed by atoms with Crippen molar-refractivity contribution in [2.24, 2.45) is 0 Å². The first-order valence-corrected chi connectivity index (χ1v) is 7.33. The molecule has 6 heteroatoms. The molecule has 0 spiro atoms. The van der Waals surface area contributed by atoms with E-state index in [9.17, 15) is 14.4 Å².